The van der Waals surface area contributed by atoms with E-state index in [0.717, 1.165) is 32.1 Å². The third kappa shape index (κ3) is 2.71. The lowest BCUT2D eigenvalue weighted by Crippen LogP contribution is -2.71. The van der Waals surface area contributed by atoms with Gasteiger partial charge in [0.05, 0.1) is 0 Å². The van der Waals surface area contributed by atoms with Gasteiger partial charge in [-0.1, -0.05) is 50.8 Å². The Balaban J connectivity index is 2.30. The SMILES string of the molecule is CC(C)C1C(=O)NC2(CCCCC2)C(=O)N1C/C=C/Cl. The van der Waals surface area contributed by atoms with Crippen LogP contribution in [0.1, 0.15) is 46.0 Å². The van der Waals surface area contributed by atoms with Gasteiger partial charge in [0.1, 0.15) is 11.6 Å². The standard InChI is InChI=1S/C15H23ClN2O2/c1-11(2)12-13(19)17-15(7-4-3-5-8-15)14(20)18(12)10-6-9-16/h6,9,11-12H,3-5,7-8,10H2,1-2H3,(H,17,19)/b9-6+. The molecule has 1 spiro atoms. The molecule has 1 aliphatic carbocycles. The fraction of sp³-hybridized carbons (Fsp3) is 0.733. The Morgan fingerprint density at radius 1 is 1.35 bits per heavy atom. The van der Waals surface area contributed by atoms with Crippen molar-refractivity contribution in [2.24, 2.45) is 5.92 Å². The molecule has 1 saturated heterocycles. The summed E-state index contributed by atoms with van der Waals surface area (Å²) in [6.45, 7) is 4.34. The van der Waals surface area contributed by atoms with Gasteiger partial charge in [0.25, 0.3) is 0 Å². The van der Waals surface area contributed by atoms with Crippen LogP contribution in [0.15, 0.2) is 11.6 Å². The number of nitrogens with zero attached hydrogens (tertiary/aromatic N) is 1. The molecule has 20 heavy (non-hydrogen) atoms. The molecule has 0 aromatic heterocycles. The van der Waals surface area contributed by atoms with Crippen LogP contribution < -0.4 is 5.32 Å². The van der Waals surface area contributed by atoms with E-state index in [-0.39, 0.29) is 17.7 Å². The molecule has 1 saturated carbocycles. The van der Waals surface area contributed by atoms with Gasteiger partial charge in [-0.2, -0.15) is 0 Å². The minimum absolute atomic E-state index is 0.0236. The maximum atomic E-state index is 12.9. The molecule has 2 aliphatic rings. The molecule has 2 rings (SSSR count). The molecule has 0 bridgehead atoms. The predicted octanol–water partition coefficient (Wildman–Crippen LogP) is 2.42. The van der Waals surface area contributed by atoms with E-state index in [1.165, 1.54) is 5.54 Å². The Morgan fingerprint density at radius 2 is 2.00 bits per heavy atom. The van der Waals surface area contributed by atoms with Crippen LogP contribution in [-0.2, 0) is 9.59 Å². The zero-order valence-corrected chi connectivity index (χ0v) is 12.9. The second-order valence-corrected chi connectivity index (χ2v) is 6.39. The second kappa shape index (κ2) is 6.17. The molecule has 112 valence electrons. The Labute approximate surface area is 125 Å². The fourth-order valence-corrected chi connectivity index (χ4v) is 3.49. The number of carbonyl (C=O) groups excluding carboxylic acids is 2. The molecule has 1 aliphatic heterocycles. The van der Waals surface area contributed by atoms with Crippen molar-refractivity contribution in [1.82, 2.24) is 10.2 Å². The molecular formula is C15H23ClN2O2. The van der Waals surface area contributed by atoms with Gasteiger partial charge < -0.3 is 10.2 Å². The quantitative estimate of drug-likeness (QED) is 0.870. The monoisotopic (exact) mass is 298 g/mol. The summed E-state index contributed by atoms with van der Waals surface area (Å²) in [5.74, 6) is 0.123. The number of rotatable bonds is 3. The first kappa shape index (κ1) is 15.4. The maximum absolute atomic E-state index is 12.9. The van der Waals surface area contributed by atoms with Crippen molar-refractivity contribution < 1.29 is 9.59 Å². The Kier molecular flexibility index (Phi) is 4.74. The first-order valence-corrected chi connectivity index (χ1v) is 7.84. The summed E-state index contributed by atoms with van der Waals surface area (Å²) >= 11 is 5.59. The molecule has 4 nitrogen and oxygen atoms in total. The molecule has 1 unspecified atom stereocenters. The van der Waals surface area contributed by atoms with Crippen LogP contribution in [0.4, 0.5) is 0 Å². The summed E-state index contributed by atoms with van der Waals surface area (Å²) in [4.78, 5) is 27.1. The van der Waals surface area contributed by atoms with Gasteiger partial charge in [-0.05, 0) is 18.8 Å². The van der Waals surface area contributed by atoms with Crippen LogP contribution in [-0.4, -0.2) is 34.8 Å². The smallest absolute Gasteiger partial charge is 0.249 e. The molecule has 5 heteroatoms. The highest BCUT2D eigenvalue weighted by molar-refractivity contribution is 6.25. The average molecular weight is 299 g/mol. The highest BCUT2D eigenvalue weighted by atomic mass is 35.5. The number of piperazine rings is 1. The summed E-state index contributed by atoms with van der Waals surface area (Å²) in [5, 5.41) is 3.03. The summed E-state index contributed by atoms with van der Waals surface area (Å²) in [6, 6.07) is -0.400. The minimum atomic E-state index is -0.666. The van der Waals surface area contributed by atoms with E-state index in [2.05, 4.69) is 5.32 Å². The Hall–Kier alpha value is -1.03. The Bertz CT molecular complexity index is 414. The predicted molar refractivity (Wildman–Crippen MR) is 79.3 cm³/mol. The summed E-state index contributed by atoms with van der Waals surface area (Å²) in [7, 11) is 0. The van der Waals surface area contributed by atoms with Gasteiger partial charge in [-0.3, -0.25) is 9.59 Å². The number of halogens is 1. The topological polar surface area (TPSA) is 49.4 Å². The van der Waals surface area contributed by atoms with Crippen LogP contribution in [0.25, 0.3) is 0 Å². The first-order valence-electron chi connectivity index (χ1n) is 7.40. The number of carbonyl (C=O) groups is 2. The van der Waals surface area contributed by atoms with Crippen molar-refractivity contribution >= 4 is 23.4 Å². The number of nitrogens with one attached hydrogen (secondary N) is 1. The minimum Gasteiger partial charge on any atom is -0.340 e. The molecule has 2 amide bonds. The lowest BCUT2D eigenvalue weighted by molar-refractivity contribution is -0.157. The molecule has 0 aromatic carbocycles. The van der Waals surface area contributed by atoms with Crippen LogP contribution in [0.2, 0.25) is 0 Å². The van der Waals surface area contributed by atoms with Crippen LogP contribution in [0.5, 0.6) is 0 Å². The number of amides is 2. The van der Waals surface area contributed by atoms with Crippen molar-refractivity contribution in [1.29, 1.82) is 0 Å². The number of hydrogen-bond acceptors (Lipinski definition) is 2. The summed E-state index contributed by atoms with van der Waals surface area (Å²) in [6.07, 6.45) is 6.37. The van der Waals surface area contributed by atoms with Crippen molar-refractivity contribution in [2.75, 3.05) is 6.54 Å². The summed E-state index contributed by atoms with van der Waals surface area (Å²) in [5.41, 5.74) is 0.742. The third-order valence-electron chi connectivity index (χ3n) is 4.37. The van der Waals surface area contributed by atoms with E-state index >= 15 is 0 Å². The van der Waals surface area contributed by atoms with Gasteiger partial charge in [-0.25, -0.2) is 0 Å². The van der Waals surface area contributed by atoms with Crippen LogP contribution in [0, 0.1) is 5.92 Å². The van der Waals surface area contributed by atoms with E-state index < -0.39 is 11.6 Å². The van der Waals surface area contributed by atoms with Gasteiger partial charge >= 0.3 is 0 Å². The molecular weight excluding hydrogens is 276 g/mol. The fourth-order valence-electron chi connectivity index (χ4n) is 3.41. The van der Waals surface area contributed by atoms with E-state index in [9.17, 15) is 9.59 Å². The highest BCUT2D eigenvalue weighted by Crippen LogP contribution is 2.34. The van der Waals surface area contributed by atoms with Crippen molar-refractivity contribution in [3.8, 4) is 0 Å². The van der Waals surface area contributed by atoms with Gasteiger partial charge in [0.15, 0.2) is 0 Å². The van der Waals surface area contributed by atoms with Crippen molar-refractivity contribution in [2.45, 2.75) is 57.5 Å². The molecule has 2 fully saturated rings. The lowest BCUT2D eigenvalue weighted by Gasteiger charge is -2.48. The average Bonchev–Trinajstić information content (AvgIpc) is 2.41. The second-order valence-electron chi connectivity index (χ2n) is 6.14. The number of hydrogen-bond donors (Lipinski definition) is 1. The maximum Gasteiger partial charge on any atom is 0.249 e. The van der Waals surface area contributed by atoms with Crippen molar-refractivity contribution in [3.05, 3.63) is 11.6 Å². The lowest BCUT2D eigenvalue weighted by atomic mass is 9.77. The highest BCUT2D eigenvalue weighted by Gasteiger charge is 2.51. The normalized spacial score (nSPS) is 26.6. The van der Waals surface area contributed by atoms with Crippen LogP contribution >= 0.6 is 11.6 Å². The van der Waals surface area contributed by atoms with E-state index in [1.54, 1.807) is 11.0 Å². The van der Waals surface area contributed by atoms with E-state index in [4.69, 9.17) is 11.6 Å². The third-order valence-corrected chi connectivity index (χ3v) is 4.55. The van der Waals surface area contributed by atoms with Gasteiger partial charge in [0.2, 0.25) is 11.8 Å². The van der Waals surface area contributed by atoms with Crippen LogP contribution in [0.3, 0.4) is 0 Å². The van der Waals surface area contributed by atoms with E-state index in [1.807, 2.05) is 13.8 Å². The molecule has 0 aromatic rings. The zero-order valence-electron chi connectivity index (χ0n) is 12.2. The van der Waals surface area contributed by atoms with Crippen molar-refractivity contribution in [3.63, 3.8) is 0 Å². The summed E-state index contributed by atoms with van der Waals surface area (Å²) < 4.78 is 0. The van der Waals surface area contributed by atoms with Gasteiger partial charge in [0, 0.05) is 12.1 Å². The largest absolute Gasteiger partial charge is 0.340 e. The zero-order chi connectivity index (χ0) is 14.8. The molecule has 1 atom stereocenters. The van der Waals surface area contributed by atoms with Gasteiger partial charge in [-0.15, -0.1) is 0 Å². The molecule has 0 radical (unpaired) electrons. The molecule has 1 N–H and O–H groups in total. The Morgan fingerprint density at radius 3 is 2.55 bits per heavy atom. The van der Waals surface area contributed by atoms with E-state index in [0.29, 0.717) is 6.54 Å². The molecule has 1 heterocycles. The first-order chi connectivity index (χ1) is 9.52.